The van der Waals surface area contributed by atoms with Crippen molar-refractivity contribution >= 4 is 29.5 Å². The number of rotatable bonds is 4. The molecule has 2 aromatic rings. The van der Waals surface area contributed by atoms with Gasteiger partial charge in [0.15, 0.2) is 6.29 Å². The molecule has 1 aromatic heterocycles. The number of hydrogen-bond acceptors (Lipinski definition) is 3. The number of ether oxygens (including phenoxy) is 1. The number of aromatic amines is 1. The summed E-state index contributed by atoms with van der Waals surface area (Å²) in [5.74, 6) is 0.106. The number of halogens is 1. The number of anilines is 1. The molecular weight excluding hydrogens is 280 g/mol. The molecule has 6 heteroatoms. The van der Waals surface area contributed by atoms with E-state index in [-0.39, 0.29) is 5.91 Å². The molecular formula is C14H13ClN2O3. The predicted molar refractivity (Wildman–Crippen MR) is 76.9 cm³/mol. The molecule has 20 heavy (non-hydrogen) atoms. The molecule has 0 bridgehead atoms. The molecule has 1 heterocycles. The molecule has 1 aromatic carbocycles. The van der Waals surface area contributed by atoms with Crippen LogP contribution in [0.15, 0.2) is 24.3 Å². The number of carbonyl (C=O) groups excluding carboxylic acids is 2. The van der Waals surface area contributed by atoms with Gasteiger partial charge in [-0.1, -0.05) is 11.6 Å². The smallest absolute Gasteiger partial charge is 0.272 e. The van der Waals surface area contributed by atoms with Crippen molar-refractivity contribution in [2.45, 2.75) is 6.92 Å². The minimum absolute atomic E-state index is 0.293. The van der Waals surface area contributed by atoms with Crippen molar-refractivity contribution in [2.24, 2.45) is 0 Å². The summed E-state index contributed by atoms with van der Waals surface area (Å²) >= 11 is 6.00. The van der Waals surface area contributed by atoms with Crippen molar-refractivity contribution in [2.75, 3.05) is 12.4 Å². The third kappa shape index (κ3) is 2.83. The maximum absolute atomic E-state index is 12.1. The van der Waals surface area contributed by atoms with E-state index >= 15 is 0 Å². The molecule has 2 rings (SSSR count). The summed E-state index contributed by atoms with van der Waals surface area (Å²) in [5.41, 5.74) is 1.97. The van der Waals surface area contributed by atoms with Crippen molar-refractivity contribution in [1.29, 1.82) is 0 Å². The van der Waals surface area contributed by atoms with E-state index in [9.17, 15) is 9.59 Å². The third-order valence-electron chi connectivity index (χ3n) is 2.81. The van der Waals surface area contributed by atoms with Gasteiger partial charge in [-0.3, -0.25) is 9.59 Å². The number of nitrogens with one attached hydrogen (secondary N) is 2. The lowest BCUT2D eigenvalue weighted by atomic mass is 10.2. The zero-order valence-corrected chi connectivity index (χ0v) is 11.7. The number of carbonyl (C=O) groups is 2. The molecule has 1 amide bonds. The molecule has 0 aliphatic heterocycles. The zero-order valence-electron chi connectivity index (χ0n) is 11.0. The monoisotopic (exact) mass is 292 g/mol. The number of methoxy groups -OCH3 is 1. The molecule has 0 atom stereocenters. The van der Waals surface area contributed by atoms with Gasteiger partial charge in [0.2, 0.25) is 0 Å². The van der Waals surface area contributed by atoms with Crippen molar-refractivity contribution in [3.63, 3.8) is 0 Å². The van der Waals surface area contributed by atoms with E-state index in [0.717, 1.165) is 5.56 Å². The Labute approximate surface area is 120 Å². The predicted octanol–water partition coefficient (Wildman–Crippen LogP) is 3.05. The second kappa shape index (κ2) is 5.79. The Morgan fingerprint density at radius 2 is 2.15 bits per heavy atom. The molecule has 0 aliphatic carbocycles. The summed E-state index contributed by atoms with van der Waals surface area (Å²) < 4.78 is 5.18. The fraction of sp³-hybridized carbons (Fsp3) is 0.143. The van der Waals surface area contributed by atoms with E-state index in [1.807, 2.05) is 6.92 Å². The number of aldehydes is 1. The van der Waals surface area contributed by atoms with Crippen LogP contribution in [-0.2, 0) is 0 Å². The first kappa shape index (κ1) is 14.1. The molecule has 0 spiro atoms. The van der Waals surface area contributed by atoms with Crippen LogP contribution in [0.25, 0.3) is 0 Å². The third-order valence-corrected chi connectivity index (χ3v) is 3.22. The number of hydrogen-bond donors (Lipinski definition) is 2. The summed E-state index contributed by atoms with van der Waals surface area (Å²) in [6.45, 7) is 1.83. The Morgan fingerprint density at radius 3 is 2.75 bits per heavy atom. The van der Waals surface area contributed by atoms with Gasteiger partial charge in [-0.2, -0.15) is 0 Å². The van der Waals surface area contributed by atoms with E-state index in [0.29, 0.717) is 34.1 Å². The highest BCUT2D eigenvalue weighted by atomic mass is 35.5. The molecule has 0 unspecified atom stereocenters. The average molecular weight is 293 g/mol. The summed E-state index contributed by atoms with van der Waals surface area (Å²) in [6.07, 6.45) is 0.643. The minimum Gasteiger partial charge on any atom is -0.495 e. The molecule has 0 aliphatic rings. The van der Waals surface area contributed by atoms with Crippen molar-refractivity contribution in [1.82, 2.24) is 4.98 Å². The molecule has 0 radical (unpaired) electrons. The van der Waals surface area contributed by atoms with Crippen molar-refractivity contribution in [3.05, 3.63) is 46.2 Å². The summed E-state index contributed by atoms with van der Waals surface area (Å²) in [5, 5.41) is 3.27. The number of aryl methyl sites for hydroxylation is 1. The van der Waals surface area contributed by atoms with Crippen LogP contribution < -0.4 is 10.1 Å². The van der Waals surface area contributed by atoms with Crippen LogP contribution in [0.3, 0.4) is 0 Å². The second-order valence-electron chi connectivity index (χ2n) is 4.20. The van der Waals surface area contributed by atoms with Gasteiger partial charge in [-0.05, 0) is 30.7 Å². The molecule has 0 fully saturated rings. The Bertz CT molecular complexity index is 664. The van der Waals surface area contributed by atoms with Crippen LogP contribution in [0, 0.1) is 6.92 Å². The second-order valence-corrected chi connectivity index (χ2v) is 4.61. The van der Waals surface area contributed by atoms with Gasteiger partial charge in [-0.25, -0.2) is 0 Å². The van der Waals surface area contributed by atoms with Crippen molar-refractivity contribution in [3.8, 4) is 5.75 Å². The molecule has 5 nitrogen and oxygen atoms in total. The largest absolute Gasteiger partial charge is 0.495 e. The quantitative estimate of drug-likeness (QED) is 0.851. The lowest BCUT2D eigenvalue weighted by Crippen LogP contribution is -2.13. The molecule has 2 N–H and O–H groups in total. The van der Waals surface area contributed by atoms with Crippen LogP contribution in [0.5, 0.6) is 5.75 Å². The number of benzene rings is 1. The fourth-order valence-corrected chi connectivity index (χ4v) is 1.89. The topological polar surface area (TPSA) is 71.2 Å². The van der Waals surface area contributed by atoms with Gasteiger partial charge in [0.1, 0.15) is 11.4 Å². The summed E-state index contributed by atoms with van der Waals surface area (Å²) in [4.78, 5) is 25.3. The lowest BCUT2D eigenvalue weighted by Gasteiger charge is -2.11. The highest BCUT2D eigenvalue weighted by Gasteiger charge is 2.13. The first-order valence-corrected chi connectivity index (χ1v) is 6.22. The number of amides is 1. The fourth-order valence-electron chi connectivity index (χ4n) is 1.73. The normalized spacial score (nSPS) is 10.2. The maximum atomic E-state index is 12.1. The Balaban J connectivity index is 2.27. The first-order chi connectivity index (χ1) is 9.55. The summed E-state index contributed by atoms with van der Waals surface area (Å²) in [6, 6.07) is 6.43. The van der Waals surface area contributed by atoms with Gasteiger partial charge < -0.3 is 15.0 Å². The SMILES string of the molecule is COc1cc(Cl)c(C)cc1NC(=O)c1ccc(C=O)[nH]1. The van der Waals surface area contributed by atoms with Gasteiger partial charge in [-0.15, -0.1) is 0 Å². The zero-order chi connectivity index (χ0) is 14.7. The van der Waals surface area contributed by atoms with E-state index in [2.05, 4.69) is 10.3 Å². The highest BCUT2D eigenvalue weighted by molar-refractivity contribution is 6.31. The molecule has 104 valence electrons. The van der Waals surface area contributed by atoms with E-state index in [1.165, 1.54) is 19.2 Å². The van der Waals surface area contributed by atoms with Crippen LogP contribution in [-0.4, -0.2) is 24.3 Å². The molecule has 0 saturated carbocycles. The summed E-state index contributed by atoms with van der Waals surface area (Å²) in [7, 11) is 1.50. The van der Waals surface area contributed by atoms with E-state index < -0.39 is 0 Å². The van der Waals surface area contributed by atoms with E-state index in [4.69, 9.17) is 16.3 Å². The highest BCUT2D eigenvalue weighted by Crippen LogP contribution is 2.31. The number of H-pyrrole nitrogens is 1. The van der Waals surface area contributed by atoms with Gasteiger partial charge in [0, 0.05) is 11.1 Å². The Morgan fingerprint density at radius 1 is 1.40 bits per heavy atom. The first-order valence-electron chi connectivity index (χ1n) is 5.85. The maximum Gasteiger partial charge on any atom is 0.272 e. The Hall–Kier alpha value is -2.27. The van der Waals surface area contributed by atoms with Gasteiger partial charge >= 0.3 is 0 Å². The standard InChI is InChI=1S/C14H13ClN2O3/c1-8-5-12(13(20-2)6-10(8)15)17-14(19)11-4-3-9(7-18)16-11/h3-7,16H,1-2H3,(H,17,19). The van der Waals surface area contributed by atoms with Crippen molar-refractivity contribution < 1.29 is 14.3 Å². The minimum atomic E-state index is -0.363. The van der Waals surface area contributed by atoms with Crippen LogP contribution in [0.4, 0.5) is 5.69 Å². The van der Waals surface area contributed by atoms with Crippen LogP contribution >= 0.6 is 11.6 Å². The Kier molecular flexibility index (Phi) is 4.10. The van der Waals surface area contributed by atoms with Gasteiger partial charge in [0.25, 0.3) is 5.91 Å². The average Bonchev–Trinajstić information content (AvgIpc) is 2.91. The van der Waals surface area contributed by atoms with Crippen LogP contribution in [0.1, 0.15) is 26.5 Å². The molecule has 0 saturated heterocycles. The van der Waals surface area contributed by atoms with Gasteiger partial charge in [0.05, 0.1) is 18.5 Å². The van der Waals surface area contributed by atoms with E-state index in [1.54, 1.807) is 12.1 Å². The number of aromatic nitrogens is 1. The van der Waals surface area contributed by atoms with Crippen LogP contribution in [0.2, 0.25) is 5.02 Å². The lowest BCUT2D eigenvalue weighted by molar-refractivity contribution is 0.102.